The van der Waals surface area contributed by atoms with E-state index >= 15 is 0 Å². The van der Waals surface area contributed by atoms with Gasteiger partial charge in [-0.1, -0.05) is 42.5 Å². The van der Waals surface area contributed by atoms with Crippen molar-refractivity contribution in [3.8, 4) is 11.1 Å². The molecule has 1 saturated heterocycles. The maximum atomic E-state index is 12.9. The Bertz CT molecular complexity index is 1210. The van der Waals surface area contributed by atoms with Gasteiger partial charge in [-0.3, -0.25) is 19.8 Å². The summed E-state index contributed by atoms with van der Waals surface area (Å²) in [6, 6.07) is 16.2. The Hall–Kier alpha value is -3.76. The van der Waals surface area contributed by atoms with Crippen LogP contribution in [-0.2, 0) is 9.53 Å². The topological polar surface area (TPSA) is 105 Å². The second-order valence-electron chi connectivity index (χ2n) is 8.00. The SMILES string of the molecule is CCOC(=O)c1c(-c2ccccc2)csc1NC(=O)CN1CCN(c2ccccc2[N+](=O)[O-])CC1. The van der Waals surface area contributed by atoms with Gasteiger partial charge in [0, 0.05) is 43.2 Å². The third kappa shape index (κ3) is 5.67. The number of nitro benzene ring substituents is 1. The number of piperazine rings is 1. The van der Waals surface area contributed by atoms with Crippen LogP contribution in [0.1, 0.15) is 17.3 Å². The Morgan fingerprint density at radius 1 is 1.06 bits per heavy atom. The average Bonchev–Trinajstić information content (AvgIpc) is 3.28. The summed E-state index contributed by atoms with van der Waals surface area (Å²) in [7, 11) is 0. The molecule has 1 aliphatic rings. The lowest BCUT2D eigenvalue weighted by Crippen LogP contribution is -2.48. The molecule has 1 fully saturated rings. The van der Waals surface area contributed by atoms with Gasteiger partial charge in [0.05, 0.1) is 18.1 Å². The number of para-hydroxylation sites is 2. The van der Waals surface area contributed by atoms with Gasteiger partial charge < -0.3 is 15.0 Å². The number of nitrogens with zero attached hydrogens (tertiary/aromatic N) is 3. The number of carbonyl (C=O) groups is 2. The van der Waals surface area contributed by atoms with Crippen LogP contribution in [0.25, 0.3) is 11.1 Å². The predicted molar refractivity (Wildman–Crippen MR) is 136 cm³/mol. The highest BCUT2D eigenvalue weighted by Crippen LogP contribution is 2.36. The van der Waals surface area contributed by atoms with Gasteiger partial charge in [-0.25, -0.2) is 4.79 Å². The van der Waals surface area contributed by atoms with Crippen molar-refractivity contribution in [3.05, 3.63) is 75.7 Å². The van der Waals surface area contributed by atoms with Gasteiger partial charge in [-0.2, -0.15) is 0 Å². The summed E-state index contributed by atoms with van der Waals surface area (Å²) in [5.41, 5.74) is 2.63. The lowest BCUT2D eigenvalue weighted by molar-refractivity contribution is -0.384. The number of rotatable bonds is 8. The summed E-state index contributed by atoms with van der Waals surface area (Å²) in [6.45, 7) is 4.46. The van der Waals surface area contributed by atoms with E-state index in [0.29, 0.717) is 42.4 Å². The second-order valence-corrected chi connectivity index (χ2v) is 8.88. The molecule has 0 bridgehead atoms. The van der Waals surface area contributed by atoms with Crippen molar-refractivity contribution in [1.82, 2.24) is 4.90 Å². The standard InChI is InChI=1S/C25H26N4O5S/c1-2-34-25(31)23-19(18-8-4-3-5-9-18)17-35-24(23)26-22(30)16-27-12-14-28(15-13-27)20-10-6-7-11-21(20)29(32)33/h3-11,17H,2,12-16H2,1H3,(H,26,30). The number of amides is 1. The molecule has 10 heteroatoms. The van der Waals surface area contributed by atoms with E-state index in [-0.39, 0.29) is 29.7 Å². The molecule has 0 saturated carbocycles. The molecule has 182 valence electrons. The van der Waals surface area contributed by atoms with Crippen molar-refractivity contribution in [2.24, 2.45) is 0 Å². The first-order valence-electron chi connectivity index (χ1n) is 11.3. The molecule has 0 spiro atoms. The van der Waals surface area contributed by atoms with Crippen molar-refractivity contribution in [2.75, 3.05) is 49.5 Å². The lowest BCUT2D eigenvalue weighted by Gasteiger charge is -2.35. The molecule has 0 aliphatic carbocycles. The molecular formula is C25H26N4O5S. The van der Waals surface area contributed by atoms with Crippen LogP contribution in [0.5, 0.6) is 0 Å². The van der Waals surface area contributed by atoms with E-state index in [4.69, 9.17) is 4.74 Å². The number of esters is 1. The highest BCUT2D eigenvalue weighted by atomic mass is 32.1. The zero-order valence-corrected chi connectivity index (χ0v) is 20.1. The van der Waals surface area contributed by atoms with Crippen molar-refractivity contribution >= 4 is 39.6 Å². The van der Waals surface area contributed by atoms with Crippen LogP contribution in [0.3, 0.4) is 0 Å². The van der Waals surface area contributed by atoms with Crippen LogP contribution in [0.4, 0.5) is 16.4 Å². The fourth-order valence-electron chi connectivity index (χ4n) is 4.09. The number of benzene rings is 2. The van der Waals surface area contributed by atoms with Gasteiger partial charge in [0.15, 0.2) is 0 Å². The molecular weight excluding hydrogens is 468 g/mol. The van der Waals surface area contributed by atoms with E-state index in [0.717, 1.165) is 11.1 Å². The van der Waals surface area contributed by atoms with Gasteiger partial charge in [-0.05, 0) is 18.6 Å². The van der Waals surface area contributed by atoms with Crippen molar-refractivity contribution < 1.29 is 19.2 Å². The van der Waals surface area contributed by atoms with Crippen LogP contribution >= 0.6 is 11.3 Å². The summed E-state index contributed by atoms with van der Waals surface area (Å²) in [5, 5.41) is 16.5. The summed E-state index contributed by atoms with van der Waals surface area (Å²) in [5.74, 6) is -0.697. The number of thiophene rings is 1. The molecule has 2 heterocycles. The molecule has 35 heavy (non-hydrogen) atoms. The normalized spacial score (nSPS) is 13.9. The van der Waals surface area contributed by atoms with E-state index in [2.05, 4.69) is 5.32 Å². The Kier molecular flexibility index (Phi) is 7.74. The number of carbonyl (C=O) groups excluding carboxylic acids is 2. The Labute approximate surface area is 207 Å². The predicted octanol–water partition coefficient (Wildman–Crippen LogP) is 4.26. The number of nitrogens with one attached hydrogen (secondary N) is 1. The third-order valence-electron chi connectivity index (χ3n) is 5.77. The molecule has 1 aliphatic heterocycles. The van der Waals surface area contributed by atoms with Gasteiger partial charge in [0.1, 0.15) is 16.3 Å². The highest BCUT2D eigenvalue weighted by Gasteiger charge is 2.26. The number of anilines is 2. The van der Waals surface area contributed by atoms with E-state index in [9.17, 15) is 19.7 Å². The molecule has 4 rings (SSSR count). The van der Waals surface area contributed by atoms with E-state index < -0.39 is 5.97 Å². The average molecular weight is 495 g/mol. The Morgan fingerprint density at radius 3 is 2.43 bits per heavy atom. The van der Waals surface area contributed by atoms with E-state index in [1.807, 2.05) is 45.5 Å². The van der Waals surface area contributed by atoms with Gasteiger partial charge in [0.25, 0.3) is 5.69 Å². The fraction of sp³-hybridized carbons (Fsp3) is 0.280. The summed E-state index contributed by atoms with van der Waals surface area (Å²) >= 11 is 1.29. The smallest absolute Gasteiger partial charge is 0.341 e. The van der Waals surface area contributed by atoms with Crippen LogP contribution < -0.4 is 10.2 Å². The molecule has 3 aromatic rings. The van der Waals surface area contributed by atoms with Gasteiger partial charge in [0.2, 0.25) is 5.91 Å². The van der Waals surface area contributed by atoms with Crippen LogP contribution in [0.15, 0.2) is 60.0 Å². The number of nitro groups is 1. The first-order chi connectivity index (χ1) is 17.0. The minimum atomic E-state index is -0.471. The van der Waals surface area contributed by atoms with E-state index in [1.165, 1.54) is 17.4 Å². The zero-order chi connectivity index (χ0) is 24.8. The van der Waals surface area contributed by atoms with Gasteiger partial charge in [-0.15, -0.1) is 11.3 Å². The Balaban J connectivity index is 1.41. The van der Waals surface area contributed by atoms with Crippen LogP contribution in [0, 0.1) is 10.1 Å². The number of hydrogen-bond acceptors (Lipinski definition) is 8. The monoisotopic (exact) mass is 494 g/mol. The maximum Gasteiger partial charge on any atom is 0.341 e. The quantitative estimate of drug-likeness (QED) is 0.283. The maximum absolute atomic E-state index is 12.9. The number of hydrogen-bond donors (Lipinski definition) is 1. The van der Waals surface area contributed by atoms with Crippen LogP contribution in [-0.4, -0.2) is 61.0 Å². The molecule has 0 radical (unpaired) electrons. The molecule has 0 unspecified atom stereocenters. The minimum Gasteiger partial charge on any atom is -0.462 e. The molecule has 9 nitrogen and oxygen atoms in total. The molecule has 1 amide bonds. The second kappa shape index (κ2) is 11.1. The Morgan fingerprint density at radius 2 is 1.74 bits per heavy atom. The van der Waals surface area contributed by atoms with Crippen molar-refractivity contribution in [1.29, 1.82) is 0 Å². The lowest BCUT2D eigenvalue weighted by atomic mass is 10.0. The first kappa shape index (κ1) is 24.4. The van der Waals surface area contributed by atoms with Gasteiger partial charge >= 0.3 is 5.97 Å². The summed E-state index contributed by atoms with van der Waals surface area (Å²) in [6.07, 6.45) is 0. The van der Waals surface area contributed by atoms with E-state index in [1.54, 1.807) is 25.1 Å². The molecule has 0 atom stereocenters. The molecule has 1 aromatic heterocycles. The highest BCUT2D eigenvalue weighted by molar-refractivity contribution is 7.15. The first-order valence-corrected chi connectivity index (χ1v) is 12.2. The van der Waals surface area contributed by atoms with Crippen molar-refractivity contribution in [2.45, 2.75) is 6.92 Å². The number of ether oxygens (including phenoxy) is 1. The fourth-order valence-corrected chi connectivity index (χ4v) is 5.06. The minimum absolute atomic E-state index is 0.0807. The zero-order valence-electron chi connectivity index (χ0n) is 19.3. The summed E-state index contributed by atoms with van der Waals surface area (Å²) < 4.78 is 5.25. The third-order valence-corrected chi connectivity index (χ3v) is 6.66. The molecule has 1 N–H and O–H groups in total. The van der Waals surface area contributed by atoms with Crippen LogP contribution in [0.2, 0.25) is 0 Å². The molecule has 2 aromatic carbocycles. The largest absolute Gasteiger partial charge is 0.462 e. The summed E-state index contributed by atoms with van der Waals surface area (Å²) in [4.78, 5) is 40.5. The van der Waals surface area contributed by atoms with Crippen molar-refractivity contribution in [3.63, 3.8) is 0 Å².